The molecule has 0 saturated carbocycles. The zero-order chi connectivity index (χ0) is 20.6. The van der Waals surface area contributed by atoms with Gasteiger partial charge >= 0.3 is 5.97 Å². The van der Waals surface area contributed by atoms with Crippen molar-refractivity contribution in [1.29, 1.82) is 0 Å². The maximum atomic E-state index is 12.1. The first-order valence-corrected chi connectivity index (χ1v) is 9.48. The van der Waals surface area contributed by atoms with E-state index in [2.05, 4.69) is 22.3 Å². The monoisotopic (exact) mass is 394 g/mol. The van der Waals surface area contributed by atoms with Gasteiger partial charge in [0.25, 0.3) is 5.91 Å². The number of hydrogen-bond donors (Lipinski definition) is 2. The summed E-state index contributed by atoms with van der Waals surface area (Å²) in [6.07, 6.45) is 2.00. The number of nitrogens with zero attached hydrogens (tertiary/aromatic N) is 3. The highest BCUT2D eigenvalue weighted by Crippen LogP contribution is 2.29. The molecule has 1 aromatic heterocycles. The number of hydrogen-bond acceptors (Lipinski definition) is 6. The van der Waals surface area contributed by atoms with Crippen LogP contribution in [0.25, 0.3) is 5.69 Å². The normalized spacial score (nSPS) is 20.5. The number of amides is 1. The quantitative estimate of drug-likeness (QED) is 0.582. The molecule has 2 aliphatic rings. The molecule has 1 saturated heterocycles. The van der Waals surface area contributed by atoms with Crippen LogP contribution in [0.2, 0.25) is 0 Å². The summed E-state index contributed by atoms with van der Waals surface area (Å²) in [7, 11) is 2.98. The lowest BCUT2D eigenvalue weighted by Gasteiger charge is -2.16. The highest BCUT2D eigenvalue weighted by atomic mass is 16.5. The van der Waals surface area contributed by atoms with E-state index in [0.717, 1.165) is 30.8 Å². The van der Waals surface area contributed by atoms with Crippen LogP contribution in [0.3, 0.4) is 0 Å². The number of nitrogens with one attached hydrogen (secondary N) is 1. The third-order valence-corrected chi connectivity index (χ3v) is 5.27. The van der Waals surface area contributed by atoms with Gasteiger partial charge in [-0.1, -0.05) is 17.9 Å². The number of aromatic nitrogens is 2. The molecule has 1 atom stereocenters. The third kappa shape index (κ3) is 3.34. The van der Waals surface area contributed by atoms with Gasteiger partial charge in [-0.25, -0.2) is 9.48 Å². The molecule has 2 aromatic rings. The summed E-state index contributed by atoms with van der Waals surface area (Å²) >= 11 is 0. The zero-order valence-electron chi connectivity index (χ0n) is 16.4. The van der Waals surface area contributed by atoms with Crippen LogP contribution in [0.15, 0.2) is 24.3 Å². The Morgan fingerprint density at radius 3 is 2.97 bits per heavy atom. The molecule has 3 heterocycles. The highest BCUT2D eigenvalue weighted by Gasteiger charge is 2.42. The van der Waals surface area contributed by atoms with Gasteiger partial charge in [0.1, 0.15) is 0 Å². The second-order valence-electron chi connectivity index (χ2n) is 7.24. The van der Waals surface area contributed by atoms with E-state index in [4.69, 9.17) is 4.74 Å². The second kappa shape index (κ2) is 7.26. The number of anilines is 1. The van der Waals surface area contributed by atoms with Crippen LogP contribution in [0.5, 0.6) is 0 Å². The van der Waals surface area contributed by atoms with Crippen LogP contribution >= 0.6 is 0 Å². The molecular weight excluding hydrogens is 372 g/mol. The first kappa shape index (κ1) is 19.0. The lowest BCUT2D eigenvalue weighted by atomic mass is 10.0. The van der Waals surface area contributed by atoms with Crippen molar-refractivity contribution in [2.45, 2.75) is 24.9 Å². The van der Waals surface area contributed by atoms with E-state index in [9.17, 15) is 14.7 Å². The molecule has 8 heteroatoms. The predicted octanol–water partition coefficient (Wildman–Crippen LogP) is 0.962. The van der Waals surface area contributed by atoms with E-state index in [1.807, 2.05) is 18.2 Å². The largest absolute Gasteiger partial charge is 0.464 e. The number of rotatable bonds is 2. The first-order chi connectivity index (χ1) is 13.9. The van der Waals surface area contributed by atoms with Crippen molar-refractivity contribution in [2.24, 2.45) is 0 Å². The Hall–Kier alpha value is -3.31. The van der Waals surface area contributed by atoms with Crippen LogP contribution in [-0.2, 0) is 16.0 Å². The van der Waals surface area contributed by atoms with E-state index in [1.54, 1.807) is 17.8 Å². The molecule has 1 fully saturated rings. The lowest BCUT2D eigenvalue weighted by molar-refractivity contribution is -0.137. The zero-order valence-corrected chi connectivity index (χ0v) is 16.4. The Bertz CT molecular complexity index is 1050. The van der Waals surface area contributed by atoms with Crippen molar-refractivity contribution in [3.05, 3.63) is 41.2 Å². The van der Waals surface area contributed by atoms with Crippen molar-refractivity contribution >= 4 is 17.6 Å². The fraction of sp³-hybridized carbons (Fsp3) is 0.381. The molecule has 0 bridgehead atoms. The summed E-state index contributed by atoms with van der Waals surface area (Å²) in [6.45, 7) is 1.25. The molecule has 1 unspecified atom stereocenters. The average molecular weight is 394 g/mol. The van der Waals surface area contributed by atoms with Crippen LogP contribution < -0.4 is 5.32 Å². The van der Waals surface area contributed by atoms with Crippen molar-refractivity contribution in [2.75, 3.05) is 32.6 Å². The van der Waals surface area contributed by atoms with Crippen LogP contribution in [-0.4, -0.2) is 64.5 Å². The van der Waals surface area contributed by atoms with E-state index in [-0.39, 0.29) is 18.0 Å². The maximum Gasteiger partial charge on any atom is 0.360 e. The molecule has 2 N–H and O–H groups in total. The minimum atomic E-state index is -1.64. The van der Waals surface area contributed by atoms with Gasteiger partial charge in [0, 0.05) is 32.1 Å². The molecule has 4 rings (SSSR count). The number of carbonyl (C=O) groups excluding carboxylic acids is 2. The smallest absolute Gasteiger partial charge is 0.360 e. The highest BCUT2D eigenvalue weighted by molar-refractivity contribution is 5.94. The number of esters is 1. The molecule has 0 spiro atoms. The number of fused-ring (bicyclic) bond motifs is 1. The molecule has 2 aliphatic heterocycles. The number of carbonyl (C=O) groups is 2. The Morgan fingerprint density at radius 2 is 2.24 bits per heavy atom. The van der Waals surface area contributed by atoms with E-state index in [0.29, 0.717) is 17.8 Å². The van der Waals surface area contributed by atoms with E-state index >= 15 is 0 Å². The fourth-order valence-electron chi connectivity index (χ4n) is 3.65. The standard InChI is InChI=1S/C21H22N4O4/c1-24-12-10-21(28,20(24)27)9-8-14-5-3-6-15(13-14)25-16-7-4-11-22-17(16)18(23-25)19(26)29-2/h3,5-6,13,22,28H,4,7,10-12H2,1-2H3. The molecule has 0 radical (unpaired) electrons. The predicted molar refractivity (Wildman–Crippen MR) is 106 cm³/mol. The fourth-order valence-corrected chi connectivity index (χ4v) is 3.65. The Kier molecular flexibility index (Phi) is 4.76. The van der Waals surface area contributed by atoms with E-state index in [1.165, 1.54) is 12.0 Å². The third-order valence-electron chi connectivity index (χ3n) is 5.27. The number of methoxy groups -OCH3 is 1. The van der Waals surface area contributed by atoms with Gasteiger partial charge in [-0.05, 0) is 31.0 Å². The van der Waals surface area contributed by atoms with Crippen molar-refractivity contribution in [3.8, 4) is 17.5 Å². The van der Waals surface area contributed by atoms with Gasteiger partial charge in [0.2, 0.25) is 5.60 Å². The average Bonchev–Trinajstić information content (AvgIpc) is 3.26. The topological polar surface area (TPSA) is 96.7 Å². The van der Waals surface area contributed by atoms with Gasteiger partial charge in [-0.3, -0.25) is 4.79 Å². The number of aliphatic hydroxyl groups is 1. The van der Waals surface area contributed by atoms with Gasteiger partial charge in [-0.15, -0.1) is 0 Å². The van der Waals surface area contributed by atoms with Crippen molar-refractivity contribution in [3.63, 3.8) is 0 Å². The van der Waals surface area contributed by atoms with E-state index < -0.39 is 11.6 Å². The minimum Gasteiger partial charge on any atom is -0.464 e. The van der Waals surface area contributed by atoms with Crippen LogP contribution in [0.1, 0.15) is 34.6 Å². The summed E-state index contributed by atoms with van der Waals surface area (Å²) in [5.41, 5.74) is 1.62. The first-order valence-electron chi connectivity index (χ1n) is 9.48. The molecule has 8 nitrogen and oxygen atoms in total. The summed E-state index contributed by atoms with van der Waals surface area (Å²) in [6, 6.07) is 7.33. The number of benzene rings is 1. The number of ether oxygens (including phenoxy) is 1. The summed E-state index contributed by atoms with van der Waals surface area (Å²) < 4.78 is 6.58. The number of likely N-dealkylation sites (N-methyl/N-ethyl adjacent to an activating group) is 1. The maximum absolute atomic E-state index is 12.1. The van der Waals surface area contributed by atoms with Crippen LogP contribution in [0, 0.1) is 11.8 Å². The van der Waals surface area contributed by atoms with Gasteiger partial charge in [-0.2, -0.15) is 5.10 Å². The molecule has 29 heavy (non-hydrogen) atoms. The lowest BCUT2D eigenvalue weighted by Crippen LogP contribution is -2.37. The van der Waals surface area contributed by atoms with Gasteiger partial charge in [0.15, 0.2) is 5.69 Å². The number of likely N-dealkylation sites (tertiary alicyclic amines) is 1. The molecule has 0 aliphatic carbocycles. The Labute approximate surface area is 168 Å². The van der Waals surface area contributed by atoms with Crippen molar-refractivity contribution < 1.29 is 19.4 Å². The second-order valence-corrected chi connectivity index (χ2v) is 7.24. The Balaban J connectivity index is 1.71. The summed E-state index contributed by atoms with van der Waals surface area (Å²) in [5.74, 6) is 4.77. The molecule has 1 amide bonds. The van der Waals surface area contributed by atoms with Gasteiger partial charge < -0.3 is 20.1 Å². The molecular formula is C21H22N4O4. The van der Waals surface area contributed by atoms with Crippen molar-refractivity contribution in [1.82, 2.24) is 14.7 Å². The molecule has 1 aromatic carbocycles. The Morgan fingerprint density at radius 1 is 1.41 bits per heavy atom. The SMILES string of the molecule is COC(=O)c1nn(-c2cccc(C#CC3(O)CCN(C)C3=O)c2)c2c1NCCC2. The minimum absolute atomic E-state index is 0.257. The van der Waals surface area contributed by atoms with Gasteiger partial charge in [0.05, 0.1) is 24.2 Å². The van der Waals surface area contributed by atoms with Crippen LogP contribution in [0.4, 0.5) is 5.69 Å². The summed E-state index contributed by atoms with van der Waals surface area (Å²) in [5, 5.41) is 18.2. The molecule has 150 valence electrons. The summed E-state index contributed by atoms with van der Waals surface area (Å²) in [4.78, 5) is 25.7.